The summed E-state index contributed by atoms with van der Waals surface area (Å²) in [5.41, 5.74) is 1.97. The zero-order chi connectivity index (χ0) is 18.4. The van der Waals surface area contributed by atoms with Crippen LogP contribution in [0.4, 0.5) is 0 Å². The van der Waals surface area contributed by atoms with Crippen LogP contribution in [0.15, 0.2) is 73.2 Å². The van der Waals surface area contributed by atoms with Crippen molar-refractivity contribution in [3.05, 3.63) is 95.2 Å². The van der Waals surface area contributed by atoms with Crippen LogP contribution in [0, 0.1) is 5.21 Å². The molecule has 0 bridgehead atoms. The highest BCUT2D eigenvalue weighted by Crippen LogP contribution is 2.18. The van der Waals surface area contributed by atoms with Gasteiger partial charge in [-0.05, 0) is 36.8 Å². The number of aromatic nitrogens is 2. The molecule has 26 heavy (non-hydrogen) atoms. The lowest BCUT2D eigenvalue weighted by Crippen LogP contribution is -2.39. The Kier molecular flexibility index (Phi) is 5.43. The number of nitrogens with zero attached hydrogens (tertiary/aromatic N) is 2. The molecule has 6 nitrogen and oxygen atoms in total. The van der Waals surface area contributed by atoms with Crippen LogP contribution in [0.1, 0.15) is 34.6 Å². The summed E-state index contributed by atoms with van der Waals surface area (Å²) >= 11 is 0. The molecule has 0 radical (unpaired) electrons. The molecule has 0 saturated heterocycles. The summed E-state index contributed by atoms with van der Waals surface area (Å²) in [6.07, 6.45) is 4.78. The summed E-state index contributed by atoms with van der Waals surface area (Å²) in [6, 6.07) is 15.8. The number of ether oxygens (including phenoxy) is 1. The van der Waals surface area contributed by atoms with E-state index in [1.54, 1.807) is 24.5 Å². The number of carbonyl (C=O) groups is 1. The van der Waals surface area contributed by atoms with E-state index in [-0.39, 0.29) is 11.7 Å². The molecule has 132 valence electrons. The first kappa shape index (κ1) is 17.4. The number of pyridine rings is 2. The molecule has 1 N–H and O–H groups in total. The second-order valence-electron chi connectivity index (χ2n) is 5.83. The Morgan fingerprint density at radius 2 is 2.00 bits per heavy atom. The van der Waals surface area contributed by atoms with Gasteiger partial charge in [0.25, 0.3) is 5.69 Å². The van der Waals surface area contributed by atoms with Crippen molar-refractivity contribution in [3.63, 3.8) is 0 Å². The first-order valence-electron chi connectivity index (χ1n) is 8.24. The van der Waals surface area contributed by atoms with Gasteiger partial charge in [0.15, 0.2) is 6.20 Å². The van der Waals surface area contributed by atoms with E-state index in [9.17, 15) is 10.0 Å². The van der Waals surface area contributed by atoms with E-state index in [1.807, 2.05) is 43.3 Å². The quantitative estimate of drug-likeness (QED) is 0.548. The van der Waals surface area contributed by atoms with E-state index in [4.69, 9.17) is 4.74 Å². The van der Waals surface area contributed by atoms with Crippen molar-refractivity contribution in [2.75, 3.05) is 0 Å². The zero-order valence-corrected chi connectivity index (χ0v) is 14.3. The van der Waals surface area contributed by atoms with Crippen molar-refractivity contribution in [1.82, 2.24) is 10.3 Å². The van der Waals surface area contributed by atoms with E-state index < -0.39 is 5.91 Å². The molecular formula is C20H19N3O3. The molecular weight excluding hydrogens is 330 g/mol. The van der Waals surface area contributed by atoms with E-state index in [0.29, 0.717) is 11.3 Å². The van der Waals surface area contributed by atoms with Crippen molar-refractivity contribution in [2.24, 2.45) is 0 Å². The van der Waals surface area contributed by atoms with E-state index >= 15 is 0 Å². The SMILES string of the molecule is CC(NC(=O)c1cccc[n+]1[O-])c1ccc(OCc2cccnc2)cc1. The number of rotatable bonds is 6. The molecule has 0 fully saturated rings. The van der Waals surface area contributed by atoms with Gasteiger partial charge in [-0.2, -0.15) is 4.73 Å². The number of hydrogen-bond acceptors (Lipinski definition) is 4. The molecule has 2 heterocycles. The van der Waals surface area contributed by atoms with E-state index in [1.165, 1.54) is 12.3 Å². The fourth-order valence-corrected chi connectivity index (χ4v) is 2.46. The topological polar surface area (TPSA) is 78.2 Å². The highest BCUT2D eigenvalue weighted by molar-refractivity contribution is 5.91. The minimum absolute atomic E-state index is 0.0655. The minimum atomic E-state index is -0.412. The first-order valence-corrected chi connectivity index (χ1v) is 8.24. The van der Waals surface area contributed by atoms with Gasteiger partial charge in [0.05, 0.1) is 6.04 Å². The molecule has 3 aromatic rings. The maximum atomic E-state index is 12.2. The Morgan fingerprint density at radius 1 is 1.19 bits per heavy atom. The van der Waals surface area contributed by atoms with Crippen molar-refractivity contribution in [2.45, 2.75) is 19.6 Å². The Hall–Kier alpha value is -3.41. The molecule has 0 saturated carbocycles. The maximum absolute atomic E-state index is 12.2. The third kappa shape index (κ3) is 4.36. The molecule has 0 aliphatic heterocycles. The van der Waals surface area contributed by atoms with Gasteiger partial charge < -0.3 is 15.3 Å². The van der Waals surface area contributed by atoms with Gasteiger partial charge in [0, 0.05) is 30.1 Å². The maximum Gasteiger partial charge on any atom is 0.317 e. The molecule has 6 heteroatoms. The van der Waals surface area contributed by atoms with Crippen LogP contribution >= 0.6 is 0 Å². The highest BCUT2D eigenvalue weighted by atomic mass is 16.5. The van der Waals surface area contributed by atoms with Gasteiger partial charge in [-0.3, -0.25) is 9.78 Å². The summed E-state index contributed by atoms with van der Waals surface area (Å²) in [6.45, 7) is 2.30. The number of benzene rings is 1. The largest absolute Gasteiger partial charge is 0.618 e. The third-order valence-electron chi connectivity index (χ3n) is 3.91. The molecule has 1 amide bonds. The van der Waals surface area contributed by atoms with Gasteiger partial charge in [0.2, 0.25) is 0 Å². The second-order valence-corrected chi connectivity index (χ2v) is 5.83. The van der Waals surface area contributed by atoms with Gasteiger partial charge >= 0.3 is 5.91 Å². The molecule has 3 rings (SSSR count). The van der Waals surface area contributed by atoms with Crippen LogP contribution in [-0.2, 0) is 6.61 Å². The lowest BCUT2D eigenvalue weighted by molar-refractivity contribution is -0.607. The summed E-state index contributed by atoms with van der Waals surface area (Å²) < 4.78 is 6.27. The molecule has 0 aliphatic rings. The van der Waals surface area contributed by atoms with Crippen molar-refractivity contribution < 1.29 is 14.3 Å². The zero-order valence-electron chi connectivity index (χ0n) is 14.3. The number of amides is 1. The summed E-state index contributed by atoms with van der Waals surface area (Å²) in [7, 11) is 0. The monoisotopic (exact) mass is 349 g/mol. The van der Waals surface area contributed by atoms with Gasteiger partial charge in [-0.25, -0.2) is 0 Å². The lowest BCUT2D eigenvalue weighted by Gasteiger charge is -2.14. The minimum Gasteiger partial charge on any atom is -0.618 e. The highest BCUT2D eigenvalue weighted by Gasteiger charge is 2.18. The fraction of sp³-hybridized carbons (Fsp3) is 0.150. The Morgan fingerprint density at radius 3 is 2.69 bits per heavy atom. The van der Waals surface area contributed by atoms with Crippen LogP contribution in [0.5, 0.6) is 5.75 Å². The van der Waals surface area contributed by atoms with Crippen molar-refractivity contribution >= 4 is 5.91 Å². The molecule has 1 unspecified atom stereocenters. The molecule has 2 aromatic heterocycles. The predicted molar refractivity (Wildman–Crippen MR) is 96.3 cm³/mol. The molecule has 1 aromatic carbocycles. The Labute approximate surface area is 151 Å². The van der Waals surface area contributed by atoms with Gasteiger partial charge in [-0.15, -0.1) is 0 Å². The van der Waals surface area contributed by atoms with Crippen LogP contribution in [0.3, 0.4) is 0 Å². The van der Waals surface area contributed by atoms with E-state index in [2.05, 4.69) is 10.3 Å². The summed E-state index contributed by atoms with van der Waals surface area (Å²) in [4.78, 5) is 16.3. The smallest absolute Gasteiger partial charge is 0.317 e. The average Bonchev–Trinajstić information content (AvgIpc) is 2.68. The predicted octanol–water partition coefficient (Wildman–Crippen LogP) is 2.79. The second kappa shape index (κ2) is 8.11. The van der Waals surface area contributed by atoms with Gasteiger partial charge in [0.1, 0.15) is 12.4 Å². The number of nitrogens with one attached hydrogen (secondary N) is 1. The van der Waals surface area contributed by atoms with Gasteiger partial charge in [-0.1, -0.05) is 18.2 Å². The van der Waals surface area contributed by atoms with Crippen molar-refractivity contribution in [1.29, 1.82) is 0 Å². The standard InChI is InChI=1S/C20H19N3O3/c1-15(22-20(24)19-6-2-3-12-23(19)25)17-7-9-18(10-8-17)26-14-16-5-4-11-21-13-16/h2-13,15H,14H2,1H3,(H,22,24). The Bertz CT molecular complexity index is 867. The summed E-state index contributed by atoms with van der Waals surface area (Å²) in [5, 5.41) is 14.5. The fourth-order valence-electron chi connectivity index (χ4n) is 2.46. The van der Waals surface area contributed by atoms with E-state index in [0.717, 1.165) is 16.9 Å². The van der Waals surface area contributed by atoms with Crippen LogP contribution in [0.2, 0.25) is 0 Å². The number of hydrogen-bond donors (Lipinski definition) is 1. The lowest BCUT2D eigenvalue weighted by atomic mass is 10.1. The van der Waals surface area contributed by atoms with Crippen molar-refractivity contribution in [3.8, 4) is 5.75 Å². The Balaban J connectivity index is 1.59. The third-order valence-corrected chi connectivity index (χ3v) is 3.91. The van der Waals surface area contributed by atoms with Crippen LogP contribution in [0.25, 0.3) is 0 Å². The van der Waals surface area contributed by atoms with Crippen LogP contribution < -0.4 is 14.8 Å². The normalized spacial score (nSPS) is 11.6. The summed E-state index contributed by atoms with van der Waals surface area (Å²) in [5.74, 6) is 0.321. The first-order chi connectivity index (χ1) is 12.6. The van der Waals surface area contributed by atoms with Crippen LogP contribution in [-0.4, -0.2) is 10.9 Å². The molecule has 0 aliphatic carbocycles. The number of carbonyl (C=O) groups excluding carboxylic acids is 1. The molecule has 0 spiro atoms. The average molecular weight is 349 g/mol. The molecule has 1 atom stereocenters.